The van der Waals surface area contributed by atoms with Crippen LogP contribution in [0.2, 0.25) is 0 Å². The normalized spacial score (nSPS) is 12.1. The number of carbonyl (C=O) groups is 2. The van der Waals surface area contributed by atoms with Gasteiger partial charge in [0.1, 0.15) is 5.69 Å². The maximum absolute atomic E-state index is 12.6. The van der Waals surface area contributed by atoms with Gasteiger partial charge in [-0.3, -0.25) is 4.79 Å². The summed E-state index contributed by atoms with van der Waals surface area (Å²) in [6.07, 6.45) is 0.726. The lowest BCUT2D eigenvalue weighted by atomic mass is 9.96. The zero-order valence-corrected chi connectivity index (χ0v) is 16.2. The summed E-state index contributed by atoms with van der Waals surface area (Å²) in [5.41, 5.74) is 3.34. The van der Waals surface area contributed by atoms with Gasteiger partial charge in [-0.25, -0.2) is 4.79 Å². The first-order valence-electron chi connectivity index (χ1n) is 9.08. The fourth-order valence-electron chi connectivity index (χ4n) is 3.08. The number of hydrogen-bond acceptors (Lipinski definition) is 3. The third kappa shape index (κ3) is 4.54. The Labute approximate surface area is 155 Å². The SMILES string of the molecule is CCC(CNC(=O)c1[nH]c(C)c(C(=O)OC(C)C)c1C)c1ccccc1. The molecule has 0 spiro atoms. The largest absolute Gasteiger partial charge is 0.459 e. The Hall–Kier alpha value is -2.56. The summed E-state index contributed by atoms with van der Waals surface area (Å²) in [6, 6.07) is 10.1. The van der Waals surface area contributed by atoms with Crippen molar-refractivity contribution in [1.29, 1.82) is 0 Å². The number of aromatic nitrogens is 1. The van der Waals surface area contributed by atoms with Crippen molar-refractivity contribution in [2.75, 3.05) is 6.54 Å². The van der Waals surface area contributed by atoms with Gasteiger partial charge in [0, 0.05) is 18.2 Å². The summed E-state index contributed by atoms with van der Waals surface area (Å²) in [4.78, 5) is 27.9. The number of amides is 1. The molecule has 0 aliphatic carbocycles. The molecule has 0 saturated heterocycles. The van der Waals surface area contributed by atoms with Gasteiger partial charge in [0.25, 0.3) is 5.91 Å². The molecule has 140 valence electrons. The fraction of sp³-hybridized carbons (Fsp3) is 0.429. The van der Waals surface area contributed by atoms with Crippen LogP contribution in [0.25, 0.3) is 0 Å². The molecule has 26 heavy (non-hydrogen) atoms. The van der Waals surface area contributed by atoms with E-state index in [4.69, 9.17) is 4.74 Å². The second-order valence-electron chi connectivity index (χ2n) is 6.80. The minimum absolute atomic E-state index is 0.204. The molecule has 5 nitrogen and oxygen atoms in total. The predicted octanol–water partition coefficient (Wildman–Crippen LogP) is 4.12. The van der Waals surface area contributed by atoms with Crippen LogP contribution < -0.4 is 5.32 Å². The summed E-state index contributed by atoms with van der Waals surface area (Å²) in [6.45, 7) is 9.80. The predicted molar refractivity (Wildman–Crippen MR) is 103 cm³/mol. The Balaban J connectivity index is 2.11. The first-order valence-corrected chi connectivity index (χ1v) is 9.08. The lowest BCUT2D eigenvalue weighted by Crippen LogP contribution is -2.29. The highest BCUT2D eigenvalue weighted by Crippen LogP contribution is 2.21. The van der Waals surface area contributed by atoms with Gasteiger partial charge in [-0.2, -0.15) is 0 Å². The molecule has 5 heteroatoms. The van der Waals surface area contributed by atoms with Gasteiger partial charge in [-0.1, -0.05) is 37.3 Å². The molecule has 1 aromatic heterocycles. The van der Waals surface area contributed by atoms with Crippen LogP contribution in [0.5, 0.6) is 0 Å². The van der Waals surface area contributed by atoms with E-state index in [-0.39, 0.29) is 17.9 Å². The van der Waals surface area contributed by atoms with E-state index in [1.54, 1.807) is 27.7 Å². The van der Waals surface area contributed by atoms with Crippen molar-refractivity contribution in [3.8, 4) is 0 Å². The molecule has 0 aliphatic heterocycles. The van der Waals surface area contributed by atoms with Gasteiger partial charge in [0.15, 0.2) is 0 Å². The fourth-order valence-corrected chi connectivity index (χ4v) is 3.08. The minimum Gasteiger partial charge on any atom is -0.459 e. The van der Waals surface area contributed by atoms with Crippen LogP contribution >= 0.6 is 0 Å². The van der Waals surface area contributed by atoms with E-state index in [1.807, 2.05) is 18.2 Å². The average Bonchev–Trinajstić information content (AvgIpc) is 2.90. The van der Waals surface area contributed by atoms with Crippen LogP contribution in [0, 0.1) is 13.8 Å². The van der Waals surface area contributed by atoms with Crippen LogP contribution in [-0.4, -0.2) is 29.5 Å². The number of carbonyl (C=O) groups excluding carboxylic acids is 2. The highest BCUT2D eigenvalue weighted by atomic mass is 16.5. The van der Waals surface area contributed by atoms with E-state index in [0.717, 1.165) is 6.42 Å². The molecule has 0 aliphatic rings. The number of ether oxygens (including phenoxy) is 1. The summed E-state index contributed by atoms with van der Waals surface area (Å²) in [5.74, 6) is -0.355. The number of aryl methyl sites for hydroxylation is 1. The minimum atomic E-state index is -0.402. The van der Waals surface area contributed by atoms with E-state index in [2.05, 4.69) is 29.4 Å². The molecule has 2 aromatic rings. The number of esters is 1. The molecule has 2 rings (SSSR count). The molecule has 0 fully saturated rings. The van der Waals surface area contributed by atoms with Crippen LogP contribution in [0.3, 0.4) is 0 Å². The monoisotopic (exact) mass is 356 g/mol. The van der Waals surface area contributed by atoms with Gasteiger partial charge < -0.3 is 15.0 Å². The van der Waals surface area contributed by atoms with E-state index >= 15 is 0 Å². The maximum atomic E-state index is 12.6. The Morgan fingerprint density at radius 1 is 1.15 bits per heavy atom. The highest BCUT2D eigenvalue weighted by molar-refractivity contribution is 6.00. The van der Waals surface area contributed by atoms with Crippen molar-refractivity contribution >= 4 is 11.9 Å². The molecular formula is C21H28N2O3. The molecule has 1 heterocycles. The third-order valence-electron chi connectivity index (χ3n) is 4.48. The van der Waals surface area contributed by atoms with Crippen LogP contribution in [-0.2, 0) is 4.74 Å². The Morgan fingerprint density at radius 2 is 1.81 bits per heavy atom. The second-order valence-corrected chi connectivity index (χ2v) is 6.80. The first-order chi connectivity index (χ1) is 12.3. The molecule has 0 saturated carbocycles. The first kappa shape index (κ1) is 19.8. The summed E-state index contributed by atoms with van der Waals surface area (Å²) < 4.78 is 5.27. The third-order valence-corrected chi connectivity index (χ3v) is 4.48. The number of aromatic amines is 1. The van der Waals surface area contributed by atoms with Crippen LogP contribution in [0.15, 0.2) is 30.3 Å². The number of nitrogens with one attached hydrogen (secondary N) is 2. The van der Waals surface area contributed by atoms with E-state index < -0.39 is 5.97 Å². The standard InChI is InChI=1S/C21H28N2O3/c1-6-16(17-10-8-7-9-11-17)12-22-20(24)19-14(4)18(15(5)23-19)21(25)26-13(2)3/h7-11,13,16,23H,6,12H2,1-5H3,(H,22,24). The van der Waals surface area contributed by atoms with Crippen molar-refractivity contribution in [3.63, 3.8) is 0 Å². The molecule has 2 N–H and O–H groups in total. The number of benzene rings is 1. The van der Waals surface area contributed by atoms with Crippen molar-refractivity contribution in [3.05, 3.63) is 58.4 Å². The maximum Gasteiger partial charge on any atom is 0.340 e. The Morgan fingerprint density at radius 3 is 2.38 bits per heavy atom. The lowest BCUT2D eigenvalue weighted by Gasteiger charge is -2.16. The van der Waals surface area contributed by atoms with E-state index in [9.17, 15) is 9.59 Å². The van der Waals surface area contributed by atoms with Gasteiger partial charge in [-0.15, -0.1) is 0 Å². The summed E-state index contributed by atoms with van der Waals surface area (Å²) in [7, 11) is 0. The topological polar surface area (TPSA) is 71.2 Å². The average molecular weight is 356 g/mol. The molecule has 1 amide bonds. The quantitative estimate of drug-likeness (QED) is 0.733. The van der Waals surface area contributed by atoms with Crippen molar-refractivity contribution in [2.45, 2.75) is 53.1 Å². The van der Waals surface area contributed by atoms with Crippen LogP contribution in [0.1, 0.15) is 70.8 Å². The Bertz CT molecular complexity index is 763. The van der Waals surface area contributed by atoms with Crippen molar-refractivity contribution < 1.29 is 14.3 Å². The molecule has 1 atom stereocenters. The smallest absolute Gasteiger partial charge is 0.340 e. The highest BCUT2D eigenvalue weighted by Gasteiger charge is 2.24. The number of H-pyrrole nitrogens is 1. The van der Waals surface area contributed by atoms with Crippen molar-refractivity contribution in [2.24, 2.45) is 0 Å². The summed E-state index contributed by atoms with van der Waals surface area (Å²) >= 11 is 0. The zero-order valence-electron chi connectivity index (χ0n) is 16.2. The van der Waals surface area contributed by atoms with Gasteiger partial charge in [-0.05, 0) is 45.2 Å². The Kier molecular flexibility index (Phi) is 6.61. The molecular weight excluding hydrogens is 328 g/mol. The molecule has 1 unspecified atom stereocenters. The van der Waals surface area contributed by atoms with Crippen molar-refractivity contribution in [1.82, 2.24) is 10.3 Å². The number of rotatable bonds is 7. The lowest BCUT2D eigenvalue weighted by molar-refractivity contribution is 0.0376. The zero-order chi connectivity index (χ0) is 19.3. The summed E-state index contributed by atoms with van der Waals surface area (Å²) in [5, 5.41) is 2.99. The second kappa shape index (κ2) is 8.70. The van der Waals surface area contributed by atoms with Gasteiger partial charge >= 0.3 is 5.97 Å². The van der Waals surface area contributed by atoms with Crippen LogP contribution in [0.4, 0.5) is 0 Å². The van der Waals surface area contributed by atoms with E-state index in [1.165, 1.54) is 5.56 Å². The van der Waals surface area contributed by atoms with Gasteiger partial charge in [0.05, 0.1) is 11.7 Å². The molecule has 0 bridgehead atoms. The molecule has 0 radical (unpaired) electrons. The molecule has 1 aromatic carbocycles. The number of hydrogen-bond donors (Lipinski definition) is 2. The van der Waals surface area contributed by atoms with E-state index in [0.29, 0.717) is 29.1 Å². The van der Waals surface area contributed by atoms with Gasteiger partial charge in [0.2, 0.25) is 0 Å².